The number of hydrogen-bond donors (Lipinski definition) is 2. The Kier molecular flexibility index (Phi) is 5.12. The number of aliphatic hydroxyl groups is 1. The Morgan fingerprint density at radius 1 is 1.52 bits per heavy atom. The molecular weight excluding hydrogens is 330 g/mol. The van der Waals surface area contributed by atoms with Crippen molar-refractivity contribution in [1.82, 2.24) is 4.90 Å². The lowest BCUT2D eigenvalue weighted by atomic mass is 10.1. The second-order valence-corrected chi connectivity index (χ2v) is 5.77. The molecule has 0 aromatic heterocycles. The van der Waals surface area contributed by atoms with Gasteiger partial charge in [0.05, 0.1) is 12.0 Å². The van der Waals surface area contributed by atoms with Crippen molar-refractivity contribution in [3.8, 4) is 17.6 Å². The molecule has 0 radical (unpaired) electrons. The molecular formula is C16H17N3O6. The summed E-state index contributed by atoms with van der Waals surface area (Å²) in [7, 11) is 2.70. The maximum atomic E-state index is 12.4. The van der Waals surface area contributed by atoms with Crippen LogP contribution in [0.25, 0.3) is 5.76 Å². The molecule has 1 saturated carbocycles. The van der Waals surface area contributed by atoms with Gasteiger partial charge in [-0.3, -0.25) is 14.9 Å². The number of phenolic OH excluding ortho intramolecular Hbond substituents is 1. The highest BCUT2D eigenvalue weighted by Crippen LogP contribution is 2.39. The van der Waals surface area contributed by atoms with E-state index in [1.165, 1.54) is 19.1 Å². The summed E-state index contributed by atoms with van der Waals surface area (Å²) in [6, 6.07) is 3.63. The van der Waals surface area contributed by atoms with E-state index in [9.17, 15) is 30.4 Å². The quantitative estimate of drug-likeness (QED) is 0.264. The van der Waals surface area contributed by atoms with E-state index in [0.29, 0.717) is 12.5 Å². The molecule has 2 rings (SSSR count). The lowest BCUT2D eigenvalue weighted by molar-refractivity contribution is -0.386. The van der Waals surface area contributed by atoms with Crippen molar-refractivity contribution in [3.05, 3.63) is 33.4 Å². The molecule has 25 heavy (non-hydrogen) atoms. The third-order valence-corrected chi connectivity index (χ3v) is 3.88. The lowest BCUT2D eigenvalue weighted by Gasteiger charge is -2.17. The van der Waals surface area contributed by atoms with E-state index in [4.69, 9.17) is 4.74 Å². The van der Waals surface area contributed by atoms with Crippen LogP contribution in [0, 0.1) is 27.4 Å². The fourth-order valence-electron chi connectivity index (χ4n) is 2.33. The van der Waals surface area contributed by atoms with Gasteiger partial charge in [-0.05, 0) is 24.8 Å². The summed E-state index contributed by atoms with van der Waals surface area (Å²) in [4.78, 5) is 23.9. The first kappa shape index (κ1) is 18.1. The molecule has 132 valence electrons. The standard InChI is InChI=1S/C16H17N3O6/c1-18(8-9-3-4-9)16(22)11(7-17)14(20)10-5-12(19(23)24)15(21)13(6-10)25-2/h5-6,9,20-21H,3-4,8H2,1-2H3/b14-11-. The zero-order chi connectivity index (χ0) is 18.7. The summed E-state index contributed by atoms with van der Waals surface area (Å²) < 4.78 is 4.84. The molecule has 1 aliphatic carbocycles. The lowest BCUT2D eigenvalue weighted by Crippen LogP contribution is -2.30. The minimum atomic E-state index is -0.859. The number of carbonyl (C=O) groups is 1. The smallest absolute Gasteiger partial charge is 0.315 e. The van der Waals surface area contributed by atoms with E-state index < -0.39 is 33.6 Å². The SMILES string of the molecule is COc1cc(/C(O)=C(\C#N)C(=O)N(C)CC2CC2)cc([N+](=O)[O-])c1O. The average Bonchev–Trinajstić information content (AvgIpc) is 3.39. The molecule has 0 atom stereocenters. The number of likely N-dealkylation sites (N-methyl/N-ethyl adjacent to an activating group) is 1. The number of nitro groups is 1. The first-order valence-corrected chi connectivity index (χ1v) is 7.44. The third kappa shape index (κ3) is 3.80. The maximum Gasteiger partial charge on any atom is 0.315 e. The van der Waals surface area contributed by atoms with Gasteiger partial charge in [0.2, 0.25) is 5.75 Å². The Labute approximate surface area is 143 Å². The molecule has 0 aliphatic heterocycles. The highest BCUT2D eigenvalue weighted by molar-refractivity contribution is 6.03. The Hall–Kier alpha value is -3.28. The number of aliphatic hydroxyl groups excluding tert-OH is 1. The summed E-state index contributed by atoms with van der Waals surface area (Å²) in [5, 5.41) is 40.4. The Bertz CT molecular complexity index is 792. The number of benzene rings is 1. The van der Waals surface area contributed by atoms with Crippen LogP contribution in [-0.2, 0) is 4.79 Å². The van der Waals surface area contributed by atoms with E-state index in [2.05, 4.69) is 0 Å². The molecule has 1 aromatic rings. The van der Waals surface area contributed by atoms with Crippen LogP contribution in [0.3, 0.4) is 0 Å². The van der Waals surface area contributed by atoms with Crippen molar-refractivity contribution in [3.63, 3.8) is 0 Å². The zero-order valence-corrected chi connectivity index (χ0v) is 13.7. The van der Waals surface area contributed by atoms with Crippen molar-refractivity contribution in [2.24, 2.45) is 5.92 Å². The second kappa shape index (κ2) is 7.09. The fourth-order valence-corrected chi connectivity index (χ4v) is 2.33. The van der Waals surface area contributed by atoms with Crippen LogP contribution in [0.2, 0.25) is 0 Å². The van der Waals surface area contributed by atoms with Crippen molar-refractivity contribution in [2.75, 3.05) is 20.7 Å². The molecule has 1 aliphatic rings. The summed E-state index contributed by atoms with van der Waals surface area (Å²) in [6.07, 6.45) is 2.02. The van der Waals surface area contributed by atoms with Crippen molar-refractivity contribution in [2.45, 2.75) is 12.8 Å². The number of carbonyl (C=O) groups excluding carboxylic acids is 1. The van der Waals surface area contributed by atoms with E-state index in [-0.39, 0.29) is 11.3 Å². The minimum absolute atomic E-state index is 0.175. The van der Waals surface area contributed by atoms with Crippen LogP contribution in [0.15, 0.2) is 17.7 Å². The molecule has 1 fully saturated rings. The molecule has 0 spiro atoms. The van der Waals surface area contributed by atoms with Crippen molar-refractivity contribution < 1.29 is 24.7 Å². The number of amides is 1. The number of nitrogens with zero attached hydrogens (tertiary/aromatic N) is 3. The van der Waals surface area contributed by atoms with Gasteiger partial charge in [-0.15, -0.1) is 0 Å². The van der Waals surface area contributed by atoms with Gasteiger partial charge >= 0.3 is 5.69 Å². The largest absolute Gasteiger partial charge is 0.506 e. The second-order valence-electron chi connectivity index (χ2n) is 5.77. The first-order chi connectivity index (χ1) is 11.8. The normalized spacial score (nSPS) is 14.3. The van der Waals surface area contributed by atoms with Crippen LogP contribution < -0.4 is 4.74 Å². The monoisotopic (exact) mass is 347 g/mol. The fraction of sp³-hybridized carbons (Fsp3) is 0.375. The maximum absolute atomic E-state index is 12.4. The molecule has 1 aromatic carbocycles. The van der Waals surface area contributed by atoms with Crippen LogP contribution in [0.1, 0.15) is 18.4 Å². The van der Waals surface area contributed by atoms with E-state index in [1.807, 2.05) is 0 Å². The van der Waals surface area contributed by atoms with Crippen LogP contribution in [0.4, 0.5) is 5.69 Å². The molecule has 0 bridgehead atoms. The molecule has 9 heteroatoms. The number of nitriles is 1. The van der Waals surface area contributed by atoms with Gasteiger partial charge in [-0.25, -0.2) is 0 Å². The summed E-state index contributed by atoms with van der Waals surface area (Å²) >= 11 is 0. The third-order valence-electron chi connectivity index (χ3n) is 3.88. The van der Waals surface area contributed by atoms with Crippen molar-refractivity contribution >= 4 is 17.4 Å². The van der Waals surface area contributed by atoms with E-state index in [1.54, 1.807) is 6.07 Å². The molecule has 0 saturated heterocycles. The predicted molar refractivity (Wildman–Crippen MR) is 86.8 cm³/mol. The van der Waals surface area contributed by atoms with E-state index in [0.717, 1.165) is 25.0 Å². The minimum Gasteiger partial charge on any atom is -0.506 e. The summed E-state index contributed by atoms with van der Waals surface area (Å²) in [5.41, 5.74) is -1.42. The van der Waals surface area contributed by atoms with Gasteiger partial charge in [-0.1, -0.05) is 0 Å². The Morgan fingerprint density at radius 3 is 2.64 bits per heavy atom. The first-order valence-electron chi connectivity index (χ1n) is 7.44. The number of methoxy groups -OCH3 is 1. The summed E-state index contributed by atoms with van der Waals surface area (Å²) in [5.74, 6) is -1.96. The number of aromatic hydroxyl groups is 1. The number of ether oxygens (including phenoxy) is 1. The molecule has 1 amide bonds. The molecule has 0 heterocycles. The highest BCUT2D eigenvalue weighted by atomic mass is 16.6. The number of rotatable bonds is 6. The molecule has 2 N–H and O–H groups in total. The van der Waals surface area contributed by atoms with Gasteiger partial charge in [0.25, 0.3) is 5.91 Å². The summed E-state index contributed by atoms with van der Waals surface area (Å²) in [6.45, 7) is 0.469. The van der Waals surface area contributed by atoms with E-state index >= 15 is 0 Å². The molecule has 0 unspecified atom stereocenters. The zero-order valence-electron chi connectivity index (χ0n) is 13.7. The van der Waals surface area contributed by atoms with Crippen LogP contribution in [-0.4, -0.2) is 46.6 Å². The highest BCUT2D eigenvalue weighted by Gasteiger charge is 2.29. The number of hydrogen-bond acceptors (Lipinski definition) is 7. The topological polar surface area (TPSA) is 137 Å². The van der Waals surface area contributed by atoms with Crippen molar-refractivity contribution in [1.29, 1.82) is 5.26 Å². The van der Waals surface area contributed by atoms with Crippen LogP contribution >= 0.6 is 0 Å². The number of phenols is 1. The Morgan fingerprint density at radius 2 is 2.16 bits per heavy atom. The average molecular weight is 347 g/mol. The Balaban J connectivity index is 2.47. The van der Waals surface area contributed by atoms with Gasteiger partial charge < -0.3 is 19.8 Å². The van der Waals surface area contributed by atoms with Crippen LogP contribution in [0.5, 0.6) is 11.5 Å². The molecule has 9 nitrogen and oxygen atoms in total. The predicted octanol–water partition coefficient (Wildman–Crippen LogP) is 1.97. The van der Waals surface area contributed by atoms with Gasteiger partial charge in [0.1, 0.15) is 11.8 Å². The van der Waals surface area contributed by atoms with Gasteiger partial charge in [-0.2, -0.15) is 5.26 Å². The van der Waals surface area contributed by atoms with Gasteiger partial charge in [0, 0.05) is 25.2 Å². The van der Waals surface area contributed by atoms with Gasteiger partial charge in [0.15, 0.2) is 11.3 Å². The number of nitro benzene ring substituents is 1.